The lowest BCUT2D eigenvalue weighted by molar-refractivity contribution is 0.184. The molecule has 0 aliphatic heterocycles. The summed E-state index contributed by atoms with van der Waals surface area (Å²) in [6.45, 7) is 4.34. The molecule has 2 heterocycles. The number of fused-ring (bicyclic) bond motifs is 3. The van der Waals surface area contributed by atoms with Crippen LogP contribution < -0.4 is 4.90 Å². The zero-order valence-corrected chi connectivity index (χ0v) is 12.5. The molecule has 0 saturated heterocycles. The number of aryl methyl sites for hydroxylation is 2. The summed E-state index contributed by atoms with van der Waals surface area (Å²) in [5, 5.41) is 24.3. The number of carboxylic acid groups (broad SMARTS) is 2. The molecule has 3 aromatic rings. The molecule has 0 aliphatic carbocycles. The van der Waals surface area contributed by atoms with E-state index in [0.717, 1.165) is 11.1 Å². The van der Waals surface area contributed by atoms with Crippen molar-refractivity contribution in [1.29, 1.82) is 0 Å². The van der Waals surface area contributed by atoms with Crippen LogP contribution in [0.5, 0.6) is 0 Å². The maximum atomic E-state index is 11.4. The number of rotatable bonds is 2. The molecule has 1 aromatic carbocycles. The molecule has 0 fully saturated rings. The van der Waals surface area contributed by atoms with Gasteiger partial charge in [0, 0.05) is 23.0 Å². The normalized spacial score (nSPS) is 11.0. The van der Waals surface area contributed by atoms with Crippen molar-refractivity contribution in [1.82, 2.24) is 14.8 Å². The number of anilines is 1. The quantitative estimate of drug-likeness (QED) is 0.752. The van der Waals surface area contributed by atoms with Gasteiger partial charge >= 0.3 is 12.2 Å². The van der Waals surface area contributed by atoms with Crippen molar-refractivity contribution in [3.05, 3.63) is 30.0 Å². The maximum absolute atomic E-state index is 11.4. The fourth-order valence-electron chi connectivity index (χ4n) is 2.70. The second-order valence-corrected chi connectivity index (χ2v) is 4.98. The summed E-state index contributed by atoms with van der Waals surface area (Å²) in [6.07, 6.45) is -3.24. The molecule has 118 valence electrons. The Bertz CT molecular complexity index is 933. The van der Waals surface area contributed by atoms with Gasteiger partial charge in [0.2, 0.25) is 0 Å². The molecule has 0 bridgehead atoms. The van der Waals surface area contributed by atoms with Crippen LogP contribution in [0.25, 0.3) is 21.8 Å². The highest BCUT2D eigenvalue weighted by Gasteiger charge is 2.28. The number of aromatic nitrogens is 3. The van der Waals surface area contributed by atoms with Crippen molar-refractivity contribution in [2.24, 2.45) is 0 Å². The van der Waals surface area contributed by atoms with E-state index in [2.05, 4.69) is 10.1 Å². The second kappa shape index (κ2) is 5.24. The number of hydrogen-bond donors (Lipinski definition) is 2. The maximum Gasteiger partial charge on any atom is 0.422 e. The van der Waals surface area contributed by atoms with Crippen molar-refractivity contribution >= 4 is 39.8 Å². The monoisotopic (exact) mass is 314 g/mol. The molecule has 2 aromatic heterocycles. The molecule has 8 nitrogen and oxygen atoms in total. The molecule has 23 heavy (non-hydrogen) atoms. The number of hydrogen-bond acceptors (Lipinski definition) is 4. The van der Waals surface area contributed by atoms with E-state index in [9.17, 15) is 19.8 Å². The van der Waals surface area contributed by atoms with E-state index in [0.29, 0.717) is 17.4 Å². The summed E-state index contributed by atoms with van der Waals surface area (Å²) in [7, 11) is 0. The number of para-hydroxylation sites is 1. The average Bonchev–Trinajstić information content (AvgIpc) is 2.84. The summed E-state index contributed by atoms with van der Waals surface area (Å²) in [6, 6.07) is 7.17. The Balaban J connectivity index is 2.49. The summed E-state index contributed by atoms with van der Waals surface area (Å²) in [4.78, 5) is 27.1. The molecule has 0 radical (unpaired) electrons. The molecular formula is C15H14N4O4. The van der Waals surface area contributed by atoms with Crippen LogP contribution in [0, 0.1) is 6.92 Å². The lowest BCUT2D eigenvalue weighted by atomic mass is 10.1. The van der Waals surface area contributed by atoms with E-state index < -0.39 is 12.2 Å². The van der Waals surface area contributed by atoms with Gasteiger partial charge in [0.25, 0.3) is 0 Å². The lowest BCUT2D eigenvalue weighted by Gasteiger charge is -2.13. The zero-order valence-electron chi connectivity index (χ0n) is 12.5. The van der Waals surface area contributed by atoms with E-state index in [1.165, 1.54) is 0 Å². The number of amides is 2. The molecule has 0 spiro atoms. The van der Waals surface area contributed by atoms with Crippen LogP contribution in [-0.4, -0.2) is 37.2 Å². The molecule has 0 aliphatic rings. The third-order valence-corrected chi connectivity index (χ3v) is 3.71. The Morgan fingerprint density at radius 2 is 1.87 bits per heavy atom. The summed E-state index contributed by atoms with van der Waals surface area (Å²) in [5.74, 6) is -0.200. The van der Waals surface area contributed by atoms with Gasteiger partial charge in [-0.25, -0.2) is 14.6 Å². The van der Waals surface area contributed by atoms with Gasteiger partial charge < -0.3 is 10.2 Å². The summed E-state index contributed by atoms with van der Waals surface area (Å²) < 4.78 is 1.70. The topological polar surface area (TPSA) is 109 Å². The molecule has 8 heteroatoms. The van der Waals surface area contributed by atoms with E-state index >= 15 is 0 Å². The Morgan fingerprint density at radius 1 is 1.22 bits per heavy atom. The van der Waals surface area contributed by atoms with Crippen LogP contribution in [0.15, 0.2) is 24.3 Å². The number of pyridine rings is 1. The van der Waals surface area contributed by atoms with Crippen LogP contribution in [0.3, 0.4) is 0 Å². The molecule has 0 atom stereocenters. The third-order valence-electron chi connectivity index (χ3n) is 3.71. The van der Waals surface area contributed by atoms with Crippen LogP contribution in [-0.2, 0) is 6.54 Å². The van der Waals surface area contributed by atoms with Crippen molar-refractivity contribution in [3.8, 4) is 0 Å². The van der Waals surface area contributed by atoms with Gasteiger partial charge in [0.15, 0.2) is 5.82 Å². The highest BCUT2D eigenvalue weighted by Crippen LogP contribution is 2.33. The minimum atomic E-state index is -1.62. The van der Waals surface area contributed by atoms with Gasteiger partial charge in [-0.3, -0.25) is 4.68 Å². The first kappa shape index (κ1) is 14.8. The first-order chi connectivity index (χ1) is 11.0. The number of benzene rings is 1. The van der Waals surface area contributed by atoms with E-state index in [1.54, 1.807) is 16.8 Å². The molecular weight excluding hydrogens is 300 g/mol. The van der Waals surface area contributed by atoms with E-state index in [4.69, 9.17) is 0 Å². The minimum Gasteiger partial charge on any atom is -0.464 e. The zero-order chi connectivity index (χ0) is 16.7. The molecule has 2 amide bonds. The Labute approximate surface area is 130 Å². The van der Waals surface area contributed by atoms with Crippen molar-refractivity contribution < 1.29 is 19.8 Å². The van der Waals surface area contributed by atoms with Crippen LogP contribution in [0.4, 0.5) is 15.4 Å². The molecule has 3 rings (SSSR count). The first-order valence-corrected chi connectivity index (χ1v) is 6.97. The predicted octanol–water partition coefficient (Wildman–Crippen LogP) is 3.08. The smallest absolute Gasteiger partial charge is 0.422 e. The number of imide groups is 1. The van der Waals surface area contributed by atoms with E-state index in [-0.39, 0.29) is 16.2 Å². The van der Waals surface area contributed by atoms with Gasteiger partial charge in [0.1, 0.15) is 5.52 Å². The highest BCUT2D eigenvalue weighted by atomic mass is 16.4. The lowest BCUT2D eigenvalue weighted by Crippen LogP contribution is -2.35. The van der Waals surface area contributed by atoms with Crippen molar-refractivity contribution in [3.63, 3.8) is 0 Å². The third kappa shape index (κ3) is 2.15. The van der Waals surface area contributed by atoms with Gasteiger partial charge in [-0.15, -0.1) is 0 Å². The number of nitrogens with zero attached hydrogens (tertiary/aromatic N) is 4. The summed E-state index contributed by atoms with van der Waals surface area (Å²) in [5.41, 5.74) is 1.60. The van der Waals surface area contributed by atoms with Crippen molar-refractivity contribution in [2.45, 2.75) is 20.4 Å². The first-order valence-electron chi connectivity index (χ1n) is 6.97. The predicted molar refractivity (Wildman–Crippen MR) is 84.0 cm³/mol. The highest BCUT2D eigenvalue weighted by molar-refractivity contribution is 6.17. The largest absolute Gasteiger partial charge is 0.464 e. The van der Waals surface area contributed by atoms with Crippen molar-refractivity contribution in [2.75, 3.05) is 4.90 Å². The fourth-order valence-corrected chi connectivity index (χ4v) is 2.70. The van der Waals surface area contributed by atoms with Gasteiger partial charge in [-0.1, -0.05) is 18.2 Å². The summed E-state index contributed by atoms with van der Waals surface area (Å²) >= 11 is 0. The standard InChI is InChI=1S/C15H14N4O4/c1-3-18-8(2)11-9-6-4-5-7-10(9)16-13(12(11)17-18)19(14(20)21)15(22)23/h4-7H,3H2,1-2H3,(H,20,21)(H,22,23). The Kier molecular flexibility index (Phi) is 3.36. The van der Waals surface area contributed by atoms with Gasteiger partial charge in [-0.2, -0.15) is 10.00 Å². The Hall–Kier alpha value is -3.16. The van der Waals surface area contributed by atoms with E-state index in [1.807, 2.05) is 26.0 Å². The average molecular weight is 314 g/mol. The van der Waals surface area contributed by atoms with Crippen LogP contribution in [0.1, 0.15) is 12.6 Å². The van der Waals surface area contributed by atoms with Crippen LogP contribution >= 0.6 is 0 Å². The number of carbonyl (C=O) groups is 2. The van der Waals surface area contributed by atoms with Gasteiger partial charge in [0.05, 0.1) is 5.52 Å². The minimum absolute atomic E-state index is 0.196. The Morgan fingerprint density at radius 3 is 2.48 bits per heavy atom. The SMILES string of the molecule is CCn1nc2c(N(C(=O)O)C(=O)O)nc3ccccc3c2c1C. The molecule has 0 unspecified atom stereocenters. The second-order valence-electron chi connectivity index (χ2n) is 4.98. The molecule has 0 saturated carbocycles. The fraction of sp³-hybridized carbons (Fsp3) is 0.200. The van der Waals surface area contributed by atoms with Crippen LogP contribution in [0.2, 0.25) is 0 Å². The molecule has 2 N–H and O–H groups in total. The van der Waals surface area contributed by atoms with Gasteiger partial charge in [-0.05, 0) is 19.9 Å².